The fourth-order valence-electron chi connectivity index (χ4n) is 5.94. The van der Waals surface area contributed by atoms with Gasteiger partial charge in [0.1, 0.15) is 6.61 Å². The summed E-state index contributed by atoms with van der Waals surface area (Å²) in [7, 11) is 0. The van der Waals surface area contributed by atoms with Gasteiger partial charge in [-0.15, -0.1) is 0 Å². The van der Waals surface area contributed by atoms with Crippen LogP contribution in [-0.2, 0) is 16.1 Å². The van der Waals surface area contributed by atoms with Gasteiger partial charge in [-0.3, -0.25) is 14.9 Å². The minimum atomic E-state index is -0.595. The van der Waals surface area contributed by atoms with E-state index in [4.69, 9.17) is 4.74 Å². The summed E-state index contributed by atoms with van der Waals surface area (Å²) in [5.74, 6) is 0.729. The Morgan fingerprint density at radius 3 is 2.56 bits per heavy atom. The van der Waals surface area contributed by atoms with E-state index in [9.17, 15) is 20.0 Å². The summed E-state index contributed by atoms with van der Waals surface area (Å²) < 4.78 is 5.37. The smallest absolute Gasteiger partial charge is 0.306 e. The summed E-state index contributed by atoms with van der Waals surface area (Å²) in [4.78, 5) is 23.0. The molecule has 4 fully saturated rings. The Morgan fingerprint density at radius 2 is 1.92 bits per heavy atom. The van der Waals surface area contributed by atoms with Crippen LogP contribution < -0.4 is 0 Å². The fourth-order valence-corrected chi connectivity index (χ4v) is 5.94. The number of ether oxygens (including phenoxy) is 1. The minimum absolute atomic E-state index is 0.0283. The Kier molecular flexibility index (Phi) is 3.83. The minimum Gasteiger partial charge on any atom is -0.461 e. The molecule has 4 aliphatic rings. The van der Waals surface area contributed by atoms with Gasteiger partial charge < -0.3 is 9.84 Å². The van der Waals surface area contributed by atoms with Crippen molar-refractivity contribution in [1.29, 1.82) is 0 Å². The van der Waals surface area contributed by atoms with E-state index in [0.29, 0.717) is 30.2 Å². The van der Waals surface area contributed by atoms with Crippen molar-refractivity contribution in [2.75, 3.05) is 0 Å². The summed E-state index contributed by atoms with van der Waals surface area (Å²) in [5, 5.41) is 21.8. The van der Waals surface area contributed by atoms with Gasteiger partial charge in [-0.2, -0.15) is 0 Å². The number of esters is 1. The zero-order valence-electron chi connectivity index (χ0n) is 14.1. The lowest BCUT2D eigenvalue weighted by Gasteiger charge is -2.60. The van der Waals surface area contributed by atoms with Crippen molar-refractivity contribution in [2.45, 2.75) is 57.2 Å². The van der Waals surface area contributed by atoms with Crippen LogP contribution in [0.1, 0.15) is 50.5 Å². The first-order chi connectivity index (χ1) is 11.9. The molecule has 4 saturated carbocycles. The van der Waals surface area contributed by atoms with Gasteiger partial charge in [-0.1, -0.05) is 12.1 Å². The first kappa shape index (κ1) is 16.5. The van der Waals surface area contributed by atoms with Gasteiger partial charge in [-0.05, 0) is 61.8 Å². The average Bonchev–Trinajstić information content (AvgIpc) is 2.50. The highest BCUT2D eigenvalue weighted by Crippen LogP contribution is 2.62. The predicted octanol–water partition coefficient (Wildman–Crippen LogP) is 3.36. The van der Waals surface area contributed by atoms with E-state index in [2.05, 4.69) is 0 Å². The Labute approximate surface area is 146 Å². The number of carbonyl (C=O) groups is 1. The first-order valence-corrected chi connectivity index (χ1v) is 8.97. The van der Waals surface area contributed by atoms with Gasteiger partial charge >= 0.3 is 5.97 Å². The maximum absolute atomic E-state index is 12.4. The van der Waals surface area contributed by atoms with E-state index >= 15 is 0 Å². The second-order valence-electron chi connectivity index (χ2n) is 8.41. The summed E-state index contributed by atoms with van der Waals surface area (Å²) in [6.07, 6.45) is 5.90. The molecule has 25 heavy (non-hydrogen) atoms. The lowest BCUT2D eigenvalue weighted by Crippen LogP contribution is -2.56. The van der Waals surface area contributed by atoms with E-state index in [1.807, 2.05) is 0 Å². The molecular formula is C19H23NO5. The number of nitro groups is 1. The fraction of sp³-hybridized carbons (Fsp3) is 0.632. The van der Waals surface area contributed by atoms with E-state index in [0.717, 1.165) is 25.7 Å². The van der Waals surface area contributed by atoms with Gasteiger partial charge in [-0.25, -0.2) is 0 Å². The van der Waals surface area contributed by atoms with Crippen molar-refractivity contribution in [3.8, 4) is 0 Å². The quantitative estimate of drug-likeness (QED) is 0.502. The summed E-state index contributed by atoms with van der Waals surface area (Å²) in [6.45, 7) is -0.0802. The summed E-state index contributed by atoms with van der Waals surface area (Å²) >= 11 is 0. The van der Waals surface area contributed by atoms with Gasteiger partial charge in [0, 0.05) is 6.07 Å². The van der Waals surface area contributed by atoms with Crippen LogP contribution in [0.4, 0.5) is 5.69 Å². The van der Waals surface area contributed by atoms with E-state index < -0.39 is 10.5 Å². The zero-order chi connectivity index (χ0) is 17.7. The Morgan fingerprint density at radius 1 is 1.24 bits per heavy atom. The number of aliphatic hydroxyl groups is 1. The highest BCUT2D eigenvalue weighted by atomic mass is 16.6. The van der Waals surface area contributed by atoms with Crippen LogP contribution in [0.25, 0.3) is 0 Å². The van der Waals surface area contributed by atoms with E-state index in [1.54, 1.807) is 18.2 Å². The highest BCUT2D eigenvalue weighted by Gasteiger charge is 2.57. The van der Waals surface area contributed by atoms with Crippen molar-refractivity contribution >= 4 is 11.7 Å². The molecule has 0 radical (unpaired) electrons. The lowest BCUT2D eigenvalue weighted by atomic mass is 9.47. The molecule has 1 N–H and O–H groups in total. The molecule has 0 heterocycles. The maximum Gasteiger partial charge on any atom is 0.306 e. The molecule has 1 aromatic rings. The predicted molar refractivity (Wildman–Crippen MR) is 89.6 cm³/mol. The second-order valence-corrected chi connectivity index (χ2v) is 8.41. The highest BCUT2D eigenvalue weighted by molar-refractivity contribution is 5.70. The molecule has 0 unspecified atom stereocenters. The van der Waals surface area contributed by atoms with Crippen LogP contribution >= 0.6 is 0 Å². The molecule has 4 bridgehead atoms. The number of nitrogens with zero attached hydrogens (tertiary/aromatic N) is 1. The van der Waals surface area contributed by atoms with Gasteiger partial charge in [0.2, 0.25) is 0 Å². The number of carbonyl (C=O) groups excluding carboxylic acids is 1. The van der Waals surface area contributed by atoms with Crippen molar-refractivity contribution in [1.82, 2.24) is 0 Å². The third-order valence-corrected chi connectivity index (χ3v) is 6.25. The number of nitro benzene ring substituents is 1. The van der Waals surface area contributed by atoms with E-state index in [1.165, 1.54) is 12.5 Å². The normalized spacial score (nSPS) is 35.6. The molecule has 4 aliphatic carbocycles. The molecule has 0 aromatic heterocycles. The molecule has 0 spiro atoms. The van der Waals surface area contributed by atoms with Crippen molar-refractivity contribution in [2.24, 2.45) is 17.3 Å². The molecular weight excluding hydrogens is 322 g/mol. The average molecular weight is 345 g/mol. The molecule has 6 heteroatoms. The SMILES string of the molecule is O=C(CC12C[C@H]3C[C@@H](CC(O)(C3)C1)C2)OCc1ccccc1[N+](=O)[O-]. The van der Waals surface area contributed by atoms with Crippen LogP contribution in [0.5, 0.6) is 0 Å². The largest absolute Gasteiger partial charge is 0.461 e. The lowest BCUT2D eigenvalue weighted by molar-refractivity contribution is -0.385. The molecule has 5 rings (SSSR count). The zero-order valence-corrected chi connectivity index (χ0v) is 14.1. The van der Waals surface area contributed by atoms with Crippen LogP contribution in [0.2, 0.25) is 0 Å². The molecule has 2 atom stereocenters. The topological polar surface area (TPSA) is 89.7 Å². The summed E-state index contributed by atoms with van der Waals surface area (Å²) in [6, 6.07) is 6.32. The van der Waals surface area contributed by atoms with Gasteiger partial charge in [0.25, 0.3) is 5.69 Å². The molecule has 6 nitrogen and oxygen atoms in total. The summed E-state index contributed by atoms with van der Waals surface area (Å²) in [5.41, 5.74) is -0.356. The maximum atomic E-state index is 12.4. The van der Waals surface area contributed by atoms with Crippen LogP contribution in [0.15, 0.2) is 24.3 Å². The Balaban J connectivity index is 1.41. The number of hydrogen-bond donors (Lipinski definition) is 1. The van der Waals surface area contributed by atoms with Crippen molar-refractivity contribution in [3.05, 3.63) is 39.9 Å². The molecule has 1 aromatic carbocycles. The molecule has 0 saturated heterocycles. The first-order valence-electron chi connectivity index (χ1n) is 8.97. The molecule has 134 valence electrons. The molecule has 0 aliphatic heterocycles. The number of para-hydroxylation sites is 1. The van der Waals surface area contributed by atoms with Crippen LogP contribution in [0.3, 0.4) is 0 Å². The van der Waals surface area contributed by atoms with Gasteiger partial charge in [0.15, 0.2) is 0 Å². The number of hydrogen-bond acceptors (Lipinski definition) is 5. The number of rotatable bonds is 5. The van der Waals surface area contributed by atoms with E-state index in [-0.39, 0.29) is 23.7 Å². The standard InChI is InChI=1S/C19H23NO5/c21-17(25-11-15-3-1-2-4-16(15)20(23)24)10-18-6-13-5-14(7-18)9-19(22,8-13)12-18/h1-4,13-14,22H,5-12H2/t13-,14-,18?,19?/m1/s1. The van der Waals surface area contributed by atoms with Crippen molar-refractivity contribution < 1.29 is 19.6 Å². The second kappa shape index (κ2) is 5.80. The van der Waals surface area contributed by atoms with Crippen LogP contribution in [-0.4, -0.2) is 21.6 Å². The Hall–Kier alpha value is -1.95. The molecule has 0 amide bonds. The monoisotopic (exact) mass is 345 g/mol. The third-order valence-electron chi connectivity index (χ3n) is 6.25. The Bertz CT molecular complexity index is 702. The van der Waals surface area contributed by atoms with Gasteiger partial charge in [0.05, 0.1) is 22.5 Å². The van der Waals surface area contributed by atoms with Crippen LogP contribution in [0, 0.1) is 27.4 Å². The third kappa shape index (κ3) is 3.15. The number of benzene rings is 1. The van der Waals surface area contributed by atoms with Crippen molar-refractivity contribution in [3.63, 3.8) is 0 Å².